The van der Waals surface area contributed by atoms with E-state index in [0.29, 0.717) is 28.3 Å². The van der Waals surface area contributed by atoms with Gasteiger partial charge in [0.05, 0.1) is 10.5 Å². The summed E-state index contributed by atoms with van der Waals surface area (Å²) < 4.78 is 13.0. The fourth-order valence-electron chi connectivity index (χ4n) is 1.99. The van der Waals surface area contributed by atoms with Crippen molar-refractivity contribution in [2.24, 2.45) is 0 Å². The standard InChI is InChI=1S/C14H14FNO2S/c1-3-16-13(17)11(12(14(16)18)19-4-2)9-5-7-10(15)8-6-9/h5-8H,3-4H2,1-2H3. The SMILES string of the molecule is CCSC1=C(c2ccc(F)cc2)C(=O)N(CC)C1=O. The van der Waals surface area contributed by atoms with Crippen molar-refractivity contribution in [2.75, 3.05) is 12.3 Å². The van der Waals surface area contributed by atoms with Crippen LogP contribution in [0.1, 0.15) is 19.4 Å². The molecule has 1 heterocycles. The van der Waals surface area contributed by atoms with Crippen LogP contribution in [-0.4, -0.2) is 29.0 Å². The van der Waals surface area contributed by atoms with Gasteiger partial charge >= 0.3 is 0 Å². The molecule has 2 rings (SSSR count). The van der Waals surface area contributed by atoms with E-state index in [4.69, 9.17) is 0 Å². The van der Waals surface area contributed by atoms with Gasteiger partial charge in [0, 0.05) is 6.54 Å². The van der Waals surface area contributed by atoms with Crippen LogP contribution in [0.2, 0.25) is 0 Å². The molecule has 3 nitrogen and oxygen atoms in total. The number of carbonyl (C=O) groups excluding carboxylic acids is 2. The van der Waals surface area contributed by atoms with Crippen molar-refractivity contribution in [1.29, 1.82) is 0 Å². The fourth-order valence-corrected chi connectivity index (χ4v) is 2.86. The van der Waals surface area contributed by atoms with Gasteiger partial charge in [0.1, 0.15) is 5.82 Å². The molecule has 2 amide bonds. The Kier molecular flexibility index (Phi) is 4.04. The summed E-state index contributed by atoms with van der Waals surface area (Å²) in [5.74, 6) is -0.205. The molecule has 5 heteroatoms. The van der Waals surface area contributed by atoms with E-state index in [0.717, 1.165) is 0 Å². The van der Waals surface area contributed by atoms with Crippen LogP contribution in [0.4, 0.5) is 4.39 Å². The first-order chi connectivity index (χ1) is 9.10. The zero-order valence-corrected chi connectivity index (χ0v) is 11.6. The highest BCUT2D eigenvalue weighted by molar-refractivity contribution is 8.04. The Balaban J connectivity index is 2.51. The molecule has 0 saturated carbocycles. The molecule has 0 fully saturated rings. The Morgan fingerprint density at radius 2 is 1.74 bits per heavy atom. The van der Waals surface area contributed by atoms with E-state index < -0.39 is 0 Å². The lowest BCUT2D eigenvalue weighted by Gasteiger charge is -2.11. The molecule has 0 bridgehead atoms. The third-order valence-electron chi connectivity index (χ3n) is 2.86. The lowest BCUT2D eigenvalue weighted by Crippen LogP contribution is -2.31. The van der Waals surface area contributed by atoms with Gasteiger partial charge in [-0.25, -0.2) is 4.39 Å². The summed E-state index contributed by atoms with van der Waals surface area (Å²) in [7, 11) is 0. The van der Waals surface area contributed by atoms with Gasteiger partial charge in [-0.15, -0.1) is 11.8 Å². The maximum Gasteiger partial charge on any atom is 0.267 e. The predicted octanol–water partition coefficient (Wildman–Crippen LogP) is 2.68. The molecular weight excluding hydrogens is 265 g/mol. The molecule has 0 spiro atoms. The van der Waals surface area contributed by atoms with Gasteiger partial charge < -0.3 is 0 Å². The second-order valence-corrected chi connectivity index (χ2v) is 5.27. The topological polar surface area (TPSA) is 37.4 Å². The summed E-state index contributed by atoms with van der Waals surface area (Å²) in [6.45, 7) is 4.03. The molecule has 0 aromatic heterocycles. The normalized spacial score (nSPS) is 15.6. The highest BCUT2D eigenvalue weighted by Gasteiger charge is 2.37. The molecule has 19 heavy (non-hydrogen) atoms. The van der Waals surface area contributed by atoms with Gasteiger partial charge in [0.2, 0.25) is 0 Å². The van der Waals surface area contributed by atoms with Gasteiger partial charge in [-0.3, -0.25) is 14.5 Å². The van der Waals surface area contributed by atoms with Crippen LogP contribution < -0.4 is 0 Å². The summed E-state index contributed by atoms with van der Waals surface area (Å²) in [6, 6.07) is 5.66. The molecule has 0 aliphatic carbocycles. The average Bonchev–Trinajstić information content (AvgIpc) is 2.63. The number of amides is 2. The summed E-state index contributed by atoms with van der Waals surface area (Å²) >= 11 is 1.35. The van der Waals surface area contributed by atoms with Crippen molar-refractivity contribution in [3.8, 4) is 0 Å². The number of nitrogens with zero attached hydrogens (tertiary/aromatic N) is 1. The molecule has 0 atom stereocenters. The van der Waals surface area contributed by atoms with Crippen LogP contribution in [0.5, 0.6) is 0 Å². The number of benzene rings is 1. The van der Waals surface area contributed by atoms with Crippen molar-refractivity contribution >= 4 is 29.1 Å². The third kappa shape index (κ3) is 2.42. The highest BCUT2D eigenvalue weighted by Crippen LogP contribution is 2.35. The Morgan fingerprint density at radius 1 is 1.11 bits per heavy atom. The minimum atomic E-state index is -0.363. The summed E-state index contributed by atoms with van der Waals surface area (Å²) in [6.07, 6.45) is 0. The lowest BCUT2D eigenvalue weighted by atomic mass is 10.1. The number of imide groups is 1. The third-order valence-corrected chi connectivity index (χ3v) is 3.82. The van der Waals surface area contributed by atoms with Crippen molar-refractivity contribution < 1.29 is 14.0 Å². The van der Waals surface area contributed by atoms with Crippen LogP contribution >= 0.6 is 11.8 Å². The second kappa shape index (κ2) is 5.57. The first-order valence-corrected chi connectivity index (χ1v) is 7.07. The molecule has 1 aromatic rings. The van der Waals surface area contributed by atoms with E-state index in [-0.39, 0.29) is 17.6 Å². The molecule has 1 aromatic carbocycles. The summed E-state index contributed by atoms with van der Waals surface area (Å²) in [5.41, 5.74) is 0.977. The molecule has 0 radical (unpaired) electrons. The average molecular weight is 279 g/mol. The molecule has 0 N–H and O–H groups in total. The van der Waals surface area contributed by atoms with Crippen LogP contribution in [0, 0.1) is 5.82 Å². The van der Waals surface area contributed by atoms with Gasteiger partial charge in [-0.1, -0.05) is 19.1 Å². The molecule has 0 unspecified atom stereocenters. The van der Waals surface area contributed by atoms with Crippen molar-refractivity contribution in [2.45, 2.75) is 13.8 Å². The molecule has 1 aliphatic rings. The highest BCUT2D eigenvalue weighted by atomic mass is 32.2. The van der Waals surface area contributed by atoms with Gasteiger partial charge in [0.15, 0.2) is 0 Å². The second-order valence-electron chi connectivity index (χ2n) is 4.00. The van der Waals surface area contributed by atoms with Crippen LogP contribution in [0.15, 0.2) is 29.2 Å². The fraction of sp³-hybridized carbons (Fsp3) is 0.286. The largest absolute Gasteiger partial charge is 0.274 e. The van der Waals surface area contributed by atoms with Gasteiger partial charge in [-0.2, -0.15) is 0 Å². The quantitative estimate of drug-likeness (QED) is 0.795. The Morgan fingerprint density at radius 3 is 2.26 bits per heavy atom. The molecule has 0 saturated heterocycles. The van der Waals surface area contributed by atoms with E-state index in [1.165, 1.54) is 40.9 Å². The van der Waals surface area contributed by atoms with Gasteiger partial charge in [-0.05, 0) is 30.4 Å². The minimum absolute atomic E-state index is 0.251. The number of thioether (sulfide) groups is 1. The van der Waals surface area contributed by atoms with E-state index in [1.807, 2.05) is 6.92 Å². The van der Waals surface area contributed by atoms with Crippen LogP contribution in [-0.2, 0) is 9.59 Å². The molecule has 1 aliphatic heterocycles. The maximum absolute atomic E-state index is 13.0. The van der Waals surface area contributed by atoms with Crippen molar-refractivity contribution in [3.63, 3.8) is 0 Å². The van der Waals surface area contributed by atoms with Crippen molar-refractivity contribution in [3.05, 3.63) is 40.6 Å². The monoisotopic (exact) mass is 279 g/mol. The summed E-state index contributed by atoms with van der Waals surface area (Å²) in [4.78, 5) is 26.1. The van der Waals surface area contributed by atoms with Crippen molar-refractivity contribution in [1.82, 2.24) is 4.90 Å². The van der Waals surface area contributed by atoms with Crippen LogP contribution in [0.25, 0.3) is 5.57 Å². The van der Waals surface area contributed by atoms with Crippen LogP contribution in [0.3, 0.4) is 0 Å². The van der Waals surface area contributed by atoms with E-state index >= 15 is 0 Å². The Bertz CT molecular complexity index is 551. The summed E-state index contributed by atoms with van der Waals surface area (Å²) in [5, 5.41) is 0. The van der Waals surface area contributed by atoms with E-state index in [2.05, 4.69) is 0 Å². The molecular formula is C14H14FNO2S. The first-order valence-electron chi connectivity index (χ1n) is 6.09. The lowest BCUT2D eigenvalue weighted by molar-refractivity contribution is -0.136. The number of hydrogen-bond acceptors (Lipinski definition) is 3. The van der Waals surface area contributed by atoms with E-state index in [9.17, 15) is 14.0 Å². The number of hydrogen-bond donors (Lipinski definition) is 0. The number of likely N-dealkylation sites (N-methyl/N-ethyl adjacent to an activating group) is 1. The predicted molar refractivity (Wildman–Crippen MR) is 73.8 cm³/mol. The van der Waals surface area contributed by atoms with E-state index in [1.54, 1.807) is 6.92 Å². The first kappa shape index (κ1) is 13.8. The Labute approximate surface area is 115 Å². The zero-order valence-electron chi connectivity index (χ0n) is 10.8. The molecule has 100 valence electrons. The smallest absolute Gasteiger partial charge is 0.267 e. The maximum atomic E-state index is 13.0. The number of halogens is 1. The van der Waals surface area contributed by atoms with Gasteiger partial charge in [0.25, 0.3) is 11.8 Å². The number of rotatable bonds is 4. The Hall–Kier alpha value is -1.62. The number of carbonyl (C=O) groups is 2. The minimum Gasteiger partial charge on any atom is -0.274 e. The zero-order chi connectivity index (χ0) is 14.0.